The minimum atomic E-state index is -0.856. The monoisotopic (exact) mass is 312 g/mol. The molecule has 1 amide bonds. The third kappa shape index (κ3) is 3.94. The van der Waals surface area contributed by atoms with E-state index in [0.29, 0.717) is 26.1 Å². The van der Waals surface area contributed by atoms with Gasteiger partial charge in [-0.15, -0.1) is 0 Å². The second-order valence-electron chi connectivity index (χ2n) is 5.81. The third-order valence-electron chi connectivity index (χ3n) is 4.11. The molecule has 1 aromatic heterocycles. The number of nitrogens with one attached hydrogen (secondary N) is 1. The fourth-order valence-corrected chi connectivity index (χ4v) is 2.67. The number of carbonyl (C=O) groups is 1. The molecule has 0 spiro atoms. The summed E-state index contributed by atoms with van der Waals surface area (Å²) in [6.45, 7) is 1.31. The minimum absolute atomic E-state index is 0.217. The topological polar surface area (TPSA) is 71.5 Å². The predicted octanol–water partition coefficient (Wildman–Crippen LogP) is 1.91. The molecule has 5 nitrogen and oxygen atoms in total. The predicted molar refractivity (Wildman–Crippen MR) is 88.8 cm³/mol. The summed E-state index contributed by atoms with van der Waals surface area (Å²) in [7, 11) is 0. The van der Waals surface area contributed by atoms with Gasteiger partial charge in [0.1, 0.15) is 0 Å². The van der Waals surface area contributed by atoms with E-state index in [2.05, 4.69) is 10.3 Å². The Kier molecular flexibility index (Phi) is 4.69. The van der Waals surface area contributed by atoms with Gasteiger partial charge < -0.3 is 15.2 Å². The number of pyridine rings is 1. The molecule has 2 N–H and O–H groups in total. The largest absolute Gasteiger partial charge is 0.388 e. The first kappa shape index (κ1) is 15.6. The van der Waals surface area contributed by atoms with Crippen LogP contribution < -0.4 is 5.32 Å². The number of carbonyl (C=O) groups excluding carboxylic acids is 1. The lowest BCUT2D eigenvalue weighted by atomic mass is 9.94. The maximum Gasteiger partial charge on any atom is 0.244 e. The molecule has 0 radical (unpaired) electrons. The lowest BCUT2D eigenvalue weighted by Gasteiger charge is -2.31. The summed E-state index contributed by atoms with van der Waals surface area (Å²) in [5, 5.41) is 14.1. The second kappa shape index (κ2) is 6.89. The molecule has 5 heteroatoms. The summed E-state index contributed by atoms with van der Waals surface area (Å²) >= 11 is 0. The Morgan fingerprint density at radius 3 is 2.91 bits per heavy atom. The zero-order chi connectivity index (χ0) is 16.1. The zero-order valence-electron chi connectivity index (χ0n) is 12.9. The van der Waals surface area contributed by atoms with Crippen molar-refractivity contribution >= 4 is 22.9 Å². The number of hydrogen-bond donors (Lipinski definition) is 2. The van der Waals surface area contributed by atoms with Gasteiger partial charge in [0, 0.05) is 50.3 Å². The highest BCUT2D eigenvalue weighted by Gasteiger charge is 2.29. The normalized spacial score (nSPS) is 17.4. The van der Waals surface area contributed by atoms with E-state index in [1.165, 1.54) is 6.08 Å². The van der Waals surface area contributed by atoms with Gasteiger partial charge in [0.15, 0.2) is 0 Å². The molecule has 0 saturated carbocycles. The fraction of sp³-hybridized carbons (Fsp3) is 0.333. The number of benzene rings is 1. The van der Waals surface area contributed by atoms with Gasteiger partial charge >= 0.3 is 0 Å². The number of hydrogen-bond acceptors (Lipinski definition) is 4. The Hall–Kier alpha value is -2.24. The van der Waals surface area contributed by atoms with Crippen molar-refractivity contribution in [2.24, 2.45) is 0 Å². The van der Waals surface area contributed by atoms with Crippen LogP contribution in [-0.2, 0) is 9.53 Å². The van der Waals surface area contributed by atoms with Crippen molar-refractivity contribution in [2.75, 3.05) is 19.8 Å². The number of fused-ring (bicyclic) bond motifs is 1. The second-order valence-corrected chi connectivity index (χ2v) is 5.81. The van der Waals surface area contributed by atoms with Gasteiger partial charge in [0.2, 0.25) is 5.91 Å². The van der Waals surface area contributed by atoms with E-state index in [1.54, 1.807) is 12.3 Å². The summed E-state index contributed by atoms with van der Waals surface area (Å²) in [6, 6.07) is 9.67. The summed E-state index contributed by atoms with van der Waals surface area (Å²) in [6.07, 6.45) is 6.08. The molecule has 1 fully saturated rings. The standard InChI is InChI=1S/C18H20N2O3/c21-17(20-13-18(22)8-11-23-12-9-18)6-5-14-7-10-19-16-4-2-1-3-15(14)16/h1-7,10,22H,8-9,11-13H2,(H,20,21)/b6-5+. The van der Waals surface area contributed by atoms with E-state index in [4.69, 9.17) is 4.74 Å². The molecular formula is C18H20N2O3. The van der Waals surface area contributed by atoms with Crippen molar-refractivity contribution in [2.45, 2.75) is 18.4 Å². The van der Waals surface area contributed by atoms with E-state index in [0.717, 1.165) is 16.5 Å². The van der Waals surface area contributed by atoms with Gasteiger partial charge in [-0.05, 0) is 23.8 Å². The van der Waals surface area contributed by atoms with E-state index in [9.17, 15) is 9.90 Å². The Morgan fingerprint density at radius 1 is 1.30 bits per heavy atom. The average Bonchev–Trinajstić information content (AvgIpc) is 2.59. The average molecular weight is 312 g/mol. The number of aromatic nitrogens is 1. The lowest BCUT2D eigenvalue weighted by molar-refractivity contribution is -0.119. The molecule has 1 aliphatic rings. The van der Waals surface area contributed by atoms with Crippen molar-refractivity contribution < 1.29 is 14.6 Å². The number of rotatable bonds is 4. The van der Waals surface area contributed by atoms with E-state index >= 15 is 0 Å². The minimum Gasteiger partial charge on any atom is -0.388 e. The van der Waals surface area contributed by atoms with Gasteiger partial charge in [0.05, 0.1) is 11.1 Å². The highest BCUT2D eigenvalue weighted by Crippen LogP contribution is 2.19. The van der Waals surface area contributed by atoms with Crippen LogP contribution in [0.1, 0.15) is 18.4 Å². The molecule has 23 heavy (non-hydrogen) atoms. The fourth-order valence-electron chi connectivity index (χ4n) is 2.67. The van der Waals surface area contributed by atoms with Crippen LogP contribution in [0.15, 0.2) is 42.6 Å². The van der Waals surface area contributed by atoms with Crippen LogP contribution in [0, 0.1) is 0 Å². The number of para-hydroxylation sites is 1. The van der Waals surface area contributed by atoms with Crippen LogP contribution in [0.3, 0.4) is 0 Å². The number of aliphatic hydroxyl groups is 1. The quantitative estimate of drug-likeness (QED) is 0.846. The van der Waals surface area contributed by atoms with E-state index in [-0.39, 0.29) is 12.5 Å². The van der Waals surface area contributed by atoms with Crippen molar-refractivity contribution in [3.63, 3.8) is 0 Å². The summed E-state index contributed by atoms with van der Waals surface area (Å²) < 4.78 is 5.23. The number of ether oxygens (including phenoxy) is 1. The highest BCUT2D eigenvalue weighted by atomic mass is 16.5. The van der Waals surface area contributed by atoms with Crippen LogP contribution in [0.5, 0.6) is 0 Å². The molecule has 2 heterocycles. The molecule has 0 unspecified atom stereocenters. The summed E-state index contributed by atoms with van der Waals surface area (Å²) in [5.74, 6) is -0.217. The Bertz CT molecular complexity index is 716. The zero-order valence-corrected chi connectivity index (χ0v) is 12.9. The molecule has 120 valence electrons. The van der Waals surface area contributed by atoms with Crippen LogP contribution in [-0.4, -0.2) is 41.4 Å². The Morgan fingerprint density at radius 2 is 2.09 bits per heavy atom. The molecule has 1 saturated heterocycles. The first-order valence-electron chi connectivity index (χ1n) is 7.76. The van der Waals surface area contributed by atoms with Gasteiger partial charge in [-0.3, -0.25) is 9.78 Å². The van der Waals surface area contributed by atoms with Crippen molar-refractivity contribution in [1.29, 1.82) is 0 Å². The van der Waals surface area contributed by atoms with Crippen molar-refractivity contribution in [1.82, 2.24) is 10.3 Å². The molecule has 0 bridgehead atoms. The van der Waals surface area contributed by atoms with Crippen LogP contribution >= 0.6 is 0 Å². The molecule has 1 aromatic carbocycles. The molecule has 2 aromatic rings. The van der Waals surface area contributed by atoms with Gasteiger partial charge in [0.25, 0.3) is 0 Å². The third-order valence-corrected chi connectivity index (χ3v) is 4.11. The maximum atomic E-state index is 12.0. The van der Waals surface area contributed by atoms with E-state index in [1.807, 2.05) is 30.3 Å². The number of nitrogens with zero attached hydrogens (tertiary/aromatic N) is 1. The highest BCUT2D eigenvalue weighted by molar-refractivity contribution is 5.95. The maximum absolute atomic E-state index is 12.0. The Balaban J connectivity index is 1.64. The first-order chi connectivity index (χ1) is 11.2. The van der Waals surface area contributed by atoms with Crippen LogP contribution in [0.2, 0.25) is 0 Å². The lowest BCUT2D eigenvalue weighted by Crippen LogP contribution is -2.46. The summed E-state index contributed by atoms with van der Waals surface area (Å²) in [5.41, 5.74) is 0.979. The first-order valence-corrected chi connectivity index (χ1v) is 7.76. The summed E-state index contributed by atoms with van der Waals surface area (Å²) in [4.78, 5) is 16.3. The SMILES string of the molecule is O=C(/C=C/c1ccnc2ccccc12)NCC1(O)CCOCC1. The molecule has 0 atom stereocenters. The van der Waals surface area contributed by atoms with Crippen molar-refractivity contribution in [3.05, 3.63) is 48.2 Å². The number of amides is 1. The Labute approximate surface area is 135 Å². The van der Waals surface area contributed by atoms with Gasteiger partial charge in [-0.2, -0.15) is 0 Å². The smallest absolute Gasteiger partial charge is 0.244 e. The van der Waals surface area contributed by atoms with Crippen LogP contribution in [0.4, 0.5) is 0 Å². The molecule has 0 aliphatic carbocycles. The van der Waals surface area contributed by atoms with Crippen LogP contribution in [0.25, 0.3) is 17.0 Å². The van der Waals surface area contributed by atoms with Gasteiger partial charge in [-0.25, -0.2) is 0 Å². The molecule has 1 aliphatic heterocycles. The van der Waals surface area contributed by atoms with Crippen molar-refractivity contribution in [3.8, 4) is 0 Å². The molecular weight excluding hydrogens is 292 g/mol. The van der Waals surface area contributed by atoms with E-state index < -0.39 is 5.60 Å². The van der Waals surface area contributed by atoms with Gasteiger partial charge in [-0.1, -0.05) is 18.2 Å². The molecule has 3 rings (SSSR count).